The summed E-state index contributed by atoms with van der Waals surface area (Å²) in [5.74, 6) is 0.580. The smallest absolute Gasteiger partial charge is 0.0923 e. The zero-order valence-corrected chi connectivity index (χ0v) is 9.86. The molecule has 0 N–H and O–H groups in total. The first-order valence-corrected chi connectivity index (χ1v) is 5.56. The second-order valence-electron chi connectivity index (χ2n) is 4.68. The van der Waals surface area contributed by atoms with E-state index in [-0.39, 0.29) is 0 Å². The molecule has 0 atom stereocenters. The third kappa shape index (κ3) is 1.89. The molecule has 0 saturated heterocycles. The van der Waals surface area contributed by atoms with Gasteiger partial charge in [-0.25, -0.2) is 0 Å². The fourth-order valence-corrected chi connectivity index (χ4v) is 1.69. The van der Waals surface area contributed by atoms with Gasteiger partial charge < -0.3 is 0 Å². The average Bonchev–Trinajstić information content (AvgIpc) is 2.59. The molecule has 0 bridgehead atoms. The van der Waals surface area contributed by atoms with Crippen LogP contribution in [0, 0.1) is 0 Å². The van der Waals surface area contributed by atoms with Gasteiger partial charge in [0.2, 0.25) is 0 Å². The Hall–Kier alpha value is -1.31. The minimum atomic E-state index is 0.430. The quantitative estimate of drug-likeness (QED) is 0.725. The SMILES string of the molecule is CC(C)c1ccc2nn(C(C)C)cc2c1. The molecule has 80 valence electrons. The van der Waals surface area contributed by atoms with Gasteiger partial charge in [-0.05, 0) is 37.5 Å². The van der Waals surface area contributed by atoms with Crippen LogP contribution in [0.1, 0.15) is 45.2 Å². The third-order valence-corrected chi connectivity index (χ3v) is 2.74. The van der Waals surface area contributed by atoms with Crippen LogP contribution in [-0.2, 0) is 0 Å². The first-order valence-electron chi connectivity index (χ1n) is 5.56. The maximum atomic E-state index is 4.53. The van der Waals surface area contributed by atoms with E-state index >= 15 is 0 Å². The average molecular weight is 202 g/mol. The standard InChI is InChI=1S/C13H18N2/c1-9(2)11-5-6-13-12(7-11)8-15(14-13)10(3)4/h5-10H,1-4H3. The Balaban J connectivity index is 2.52. The van der Waals surface area contributed by atoms with E-state index in [9.17, 15) is 0 Å². The van der Waals surface area contributed by atoms with E-state index in [4.69, 9.17) is 0 Å². The van der Waals surface area contributed by atoms with Crippen molar-refractivity contribution in [1.82, 2.24) is 9.78 Å². The van der Waals surface area contributed by atoms with E-state index in [1.54, 1.807) is 0 Å². The molecule has 0 fully saturated rings. The predicted octanol–water partition coefficient (Wildman–Crippen LogP) is 3.74. The van der Waals surface area contributed by atoms with Crippen LogP contribution in [-0.4, -0.2) is 9.78 Å². The molecule has 0 unspecified atom stereocenters. The van der Waals surface area contributed by atoms with Crippen LogP contribution in [0.15, 0.2) is 24.4 Å². The van der Waals surface area contributed by atoms with Gasteiger partial charge in [-0.3, -0.25) is 4.68 Å². The van der Waals surface area contributed by atoms with Crippen LogP contribution in [0.5, 0.6) is 0 Å². The number of hydrogen-bond donors (Lipinski definition) is 0. The zero-order chi connectivity index (χ0) is 11.0. The molecule has 0 saturated carbocycles. The van der Waals surface area contributed by atoms with Gasteiger partial charge in [-0.1, -0.05) is 19.9 Å². The molecule has 0 aliphatic rings. The van der Waals surface area contributed by atoms with Crippen LogP contribution in [0.3, 0.4) is 0 Å². The Morgan fingerprint density at radius 2 is 1.87 bits per heavy atom. The lowest BCUT2D eigenvalue weighted by molar-refractivity contribution is 0.537. The lowest BCUT2D eigenvalue weighted by Crippen LogP contribution is -1.99. The van der Waals surface area contributed by atoms with E-state index in [2.05, 4.69) is 57.2 Å². The van der Waals surface area contributed by atoms with E-state index in [1.165, 1.54) is 10.9 Å². The van der Waals surface area contributed by atoms with Crippen molar-refractivity contribution in [1.29, 1.82) is 0 Å². The Morgan fingerprint density at radius 1 is 1.13 bits per heavy atom. The van der Waals surface area contributed by atoms with Gasteiger partial charge in [0.1, 0.15) is 0 Å². The maximum Gasteiger partial charge on any atom is 0.0923 e. The number of rotatable bonds is 2. The highest BCUT2D eigenvalue weighted by atomic mass is 15.3. The molecule has 0 radical (unpaired) electrons. The van der Waals surface area contributed by atoms with Gasteiger partial charge in [-0.2, -0.15) is 5.10 Å². The number of fused-ring (bicyclic) bond motifs is 1. The van der Waals surface area contributed by atoms with E-state index in [0.29, 0.717) is 12.0 Å². The molecule has 1 aromatic carbocycles. The third-order valence-electron chi connectivity index (χ3n) is 2.74. The van der Waals surface area contributed by atoms with Crippen molar-refractivity contribution < 1.29 is 0 Å². The molecule has 0 aliphatic heterocycles. The molecule has 2 nitrogen and oxygen atoms in total. The number of hydrogen-bond acceptors (Lipinski definition) is 1. The van der Waals surface area contributed by atoms with Crippen LogP contribution in [0.25, 0.3) is 10.9 Å². The molecule has 2 aromatic rings. The molecule has 1 heterocycles. The summed E-state index contributed by atoms with van der Waals surface area (Å²) in [5, 5.41) is 5.77. The minimum absolute atomic E-state index is 0.430. The Labute approximate surface area is 90.9 Å². The van der Waals surface area contributed by atoms with Crippen molar-refractivity contribution in [3.8, 4) is 0 Å². The van der Waals surface area contributed by atoms with E-state index < -0.39 is 0 Å². The Morgan fingerprint density at radius 3 is 2.47 bits per heavy atom. The van der Waals surface area contributed by atoms with Crippen LogP contribution in [0.2, 0.25) is 0 Å². The second-order valence-corrected chi connectivity index (χ2v) is 4.68. The van der Waals surface area contributed by atoms with Crippen LogP contribution < -0.4 is 0 Å². The second kappa shape index (κ2) is 3.69. The highest BCUT2D eigenvalue weighted by molar-refractivity contribution is 5.78. The van der Waals surface area contributed by atoms with Crippen molar-refractivity contribution in [2.75, 3.05) is 0 Å². The van der Waals surface area contributed by atoms with Gasteiger partial charge in [0.25, 0.3) is 0 Å². The summed E-state index contributed by atoms with van der Waals surface area (Å²) < 4.78 is 2.02. The summed E-state index contributed by atoms with van der Waals surface area (Å²) in [4.78, 5) is 0. The molecule has 0 spiro atoms. The number of nitrogens with zero attached hydrogens (tertiary/aromatic N) is 2. The lowest BCUT2D eigenvalue weighted by atomic mass is 10.0. The Kier molecular flexibility index (Phi) is 2.51. The Bertz CT molecular complexity index is 460. The molecule has 2 heteroatoms. The fourth-order valence-electron chi connectivity index (χ4n) is 1.69. The molecule has 15 heavy (non-hydrogen) atoms. The summed E-state index contributed by atoms with van der Waals surface area (Å²) in [5.41, 5.74) is 2.47. The summed E-state index contributed by atoms with van der Waals surface area (Å²) in [6.45, 7) is 8.73. The number of benzene rings is 1. The van der Waals surface area contributed by atoms with Crippen molar-refractivity contribution in [2.24, 2.45) is 0 Å². The molecule has 1 aromatic heterocycles. The van der Waals surface area contributed by atoms with Crippen molar-refractivity contribution >= 4 is 10.9 Å². The highest BCUT2D eigenvalue weighted by Gasteiger charge is 2.05. The molecule has 0 aliphatic carbocycles. The molecule has 0 amide bonds. The summed E-state index contributed by atoms with van der Waals surface area (Å²) in [6.07, 6.45) is 2.13. The molecule has 2 rings (SSSR count). The predicted molar refractivity (Wildman–Crippen MR) is 64.2 cm³/mol. The zero-order valence-electron chi connectivity index (χ0n) is 9.86. The maximum absolute atomic E-state index is 4.53. The highest BCUT2D eigenvalue weighted by Crippen LogP contribution is 2.21. The first kappa shape index (κ1) is 10.2. The largest absolute Gasteiger partial charge is 0.269 e. The van der Waals surface area contributed by atoms with Gasteiger partial charge >= 0.3 is 0 Å². The van der Waals surface area contributed by atoms with Gasteiger partial charge in [0.15, 0.2) is 0 Å². The number of aromatic nitrogens is 2. The molecular formula is C13H18N2. The summed E-state index contributed by atoms with van der Waals surface area (Å²) in [6, 6.07) is 6.96. The van der Waals surface area contributed by atoms with Gasteiger partial charge in [0, 0.05) is 17.6 Å². The van der Waals surface area contributed by atoms with Crippen LogP contribution >= 0.6 is 0 Å². The van der Waals surface area contributed by atoms with Crippen LogP contribution in [0.4, 0.5) is 0 Å². The topological polar surface area (TPSA) is 17.8 Å². The van der Waals surface area contributed by atoms with E-state index in [1.807, 2.05) is 4.68 Å². The summed E-state index contributed by atoms with van der Waals surface area (Å²) in [7, 11) is 0. The van der Waals surface area contributed by atoms with Gasteiger partial charge in [0.05, 0.1) is 5.52 Å². The first-order chi connectivity index (χ1) is 7.08. The normalized spacial score (nSPS) is 11.9. The monoisotopic (exact) mass is 202 g/mol. The summed E-state index contributed by atoms with van der Waals surface area (Å²) >= 11 is 0. The van der Waals surface area contributed by atoms with Crippen molar-refractivity contribution in [3.63, 3.8) is 0 Å². The van der Waals surface area contributed by atoms with Gasteiger partial charge in [-0.15, -0.1) is 0 Å². The van der Waals surface area contributed by atoms with E-state index in [0.717, 1.165) is 5.52 Å². The lowest BCUT2D eigenvalue weighted by Gasteiger charge is -2.03. The van der Waals surface area contributed by atoms with Crippen molar-refractivity contribution in [2.45, 2.75) is 39.7 Å². The minimum Gasteiger partial charge on any atom is -0.269 e. The van der Waals surface area contributed by atoms with Crippen molar-refractivity contribution in [3.05, 3.63) is 30.0 Å². The fraction of sp³-hybridized carbons (Fsp3) is 0.462. The molecular weight excluding hydrogens is 184 g/mol.